The Labute approximate surface area is 191 Å². The van der Waals surface area contributed by atoms with Crippen LogP contribution in [0.25, 0.3) is 17.0 Å². The van der Waals surface area contributed by atoms with Crippen molar-refractivity contribution in [1.29, 1.82) is 5.26 Å². The van der Waals surface area contributed by atoms with Crippen LogP contribution in [0.3, 0.4) is 0 Å². The van der Waals surface area contributed by atoms with Crippen molar-refractivity contribution < 1.29 is 9.59 Å². The Bertz CT molecular complexity index is 1190. The van der Waals surface area contributed by atoms with E-state index in [9.17, 15) is 14.9 Å². The van der Waals surface area contributed by atoms with Gasteiger partial charge in [0.25, 0.3) is 5.91 Å². The van der Waals surface area contributed by atoms with Crippen LogP contribution in [0.4, 0.5) is 0 Å². The molecule has 0 spiro atoms. The largest absolute Gasteiger partial charge is 0.347 e. The Morgan fingerprint density at radius 3 is 2.72 bits per heavy atom. The van der Waals surface area contributed by atoms with Crippen molar-refractivity contribution in [2.75, 3.05) is 13.1 Å². The molecule has 1 aliphatic heterocycles. The lowest BCUT2D eigenvalue weighted by molar-refractivity contribution is -0.130. The van der Waals surface area contributed by atoms with E-state index < -0.39 is 5.91 Å². The second kappa shape index (κ2) is 9.84. The van der Waals surface area contributed by atoms with Crippen molar-refractivity contribution in [3.63, 3.8) is 0 Å². The van der Waals surface area contributed by atoms with E-state index in [1.807, 2.05) is 51.4 Å². The number of fused-ring (bicyclic) bond motifs is 1. The zero-order chi connectivity index (χ0) is 22.5. The number of aromatic nitrogens is 1. The number of hydrogen-bond acceptors (Lipinski definition) is 4. The molecule has 1 fully saturated rings. The summed E-state index contributed by atoms with van der Waals surface area (Å²) in [6, 6.07) is 11.9. The van der Waals surface area contributed by atoms with Gasteiger partial charge in [-0.25, -0.2) is 0 Å². The lowest BCUT2D eigenvalue weighted by atomic mass is 10.1. The number of amides is 2. The van der Waals surface area contributed by atoms with Gasteiger partial charge in [0, 0.05) is 35.1 Å². The molecule has 2 amide bonds. The molecule has 164 valence electrons. The van der Waals surface area contributed by atoms with Crippen LogP contribution in [0.2, 0.25) is 0 Å². The number of rotatable bonds is 7. The standard InChI is InChI=1S/C25H26N4O2S/c1-2-18-7-5-9-22-20(13-19(14-26)25(31)27-15-21-8-6-12-32-21)16-29(24(18)22)17-23(30)28-10-3-4-11-28/h5-9,12-13,16H,2-4,10-11,15,17H2,1H3,(H,27,31)/b19-13+. The fraction of sp³-hybridized carbons (Fsp3) is 0.320. The van der Waals surface area contributed by atoms with E-state index >= 15 is 0 Å². The molecule has 0 bridgehead atoms. The molecule has 0 radical (unpaired) electrons. The molecule has 0 atom stereocenters. The zero-order valence-electron chi connectivity index (χ0n) is 18.1. The second-order valence-corrected chi connectivity index (χ2v) is 8.93. The molecule has 1 N–H and O–H groups in total. The number of nitrogens with zero attached hydrogens (tertiary/aromatic N) is 3. The summed E-state index contributed by atoms with van der Waals surface area (Å²) in [7, 11) is 0. The van der Waals surface area contributed by atoms with E-state index in [1.165, 1.54) is 0 Å². The first-order chi connectivity index (χ1) is 15.6. The molecule has 7 heteroatoms. The molecular formula is C25H26N4O2S. The highest BCUT2D eigenvalue weighted by atomic mass is 32.1. The average molecular weight is 447 g/mol. The van der Waals surface area contributed by atoms with Crippen LogP contribution < -0.4 is 5.32 Å². The van der Waals surface area contributed by atoms with Crippen molar-refractivity contribution in [3.8, 4) is 6.07 Å². The van der Waals surface area contributed by atoms with Crippen LogP contribution >= 0.6 is 11.3 Å². The molecule has 3 heterocycles. The third kappa shape index (κ3) is 4.61. The van der Waals surface area contributed by atoms with Crippen molar-refractivity contribution in [1.82, 2.24) is 14.8 Å². The predicted molar refractivity (Wildman–Crippen MR) is 127 cm³/mol. The number of nitriles is 1. The van der Waals surface area contributed by atoms with E-state index in [2.05, 4.69) is 18.3 Å². The van der Waals surface area contributed by atoms with E-state index in [0.717, 1.165) is 59.3 Å². The van der Waals surface area contributed by atoms with Gasteiger partial charge in [-0.2, -0.15) is 5.26 Å². The maximum atomic E-state index is 12.8. The Balaban J connectivity index is 1.65. The highest BCUT2D eigenvalue weighted by Gasteiger charge is 2.20. The maximum Gasteiger partial charge on any atom is 0.262 e. The molecule has 6 nitrogen and oxygen atoms in total. The lowest BCUT2D eigenvalue weighted by Gasteiger charge is -2.16. The Morgan fingerprint density at radius 2 is 2.03 bits per heavy atom. The van der Waals surface area contributed by atoms with Gasteiger partial charge in [-0.3, -0.25) is 9.59 Å². The Hall–Kier alpha value is -3.37. The highest BCUT2D eigenvalue weighted by molar-refractivity contribution is 7.09. The van der Waals surface area contributed by atoms with Crippen LogP contribution in [-0.4, -0.2) is 34.4 Å². The third-order valence-electron chi connectivity index (χ3n) is 5.83. The van der Waals surface area contributed by atoms with Crippen molar-refractivity contribution >= 4 is 40.1 Å². The average Bonchev–Trinajstić information content (AvgIpc) is 3.57. The van der Waals surface area contributed by atoms with Gasteiger partial charge in [0.2, 0.25) is 5.91 Å². The fourth-order valence-electron chi connectivity index (χ4n) is 4.18. The molecule has 0 aliphatic carbocycles. The summed E-state index contributed by atoms with van der Waals surface area (Å²) in [6.45, 7) is 4.36. The topological polar surface area (TPSA) is 78.1 Å². The Kier molecular flexibility index (Phi) is 6.72. The summed E-state index contributed by atoms with van der Waals surface area (Å²) in [5.41, 5.74) is 2.95. The predicted octanol–water partition coefficient (Wildman–Crippen LogP) is 4.11. The number of nitrogens with one attached hydrogen (secondary N) is 1. The number of para-hydroxylation sites is 1. The van der Waals surface area contributed by atoms with Gasteiger partial charge in [-0.15, -0.1) is 11.3 Å². The van der Waals surface area contributed by atoms with Crippen LogP contribution in [0.15, 0.2) is 47.5 Å². The minimum atomic E-state index is -0.401. The number of aryl methyl sites for hydroxylation is 1. The monoisotopic (exact) mass is 446 g/mol. The molecule has 0 unspecified atom stereocenters. The summed E-state index contributed by atoms with van der Waals surface area (Å²) in [5.74, 6) is -0.295. The summed E-state index contributed by atoms with van der Waals surface area (Å²) in [6.07, 6.45) is 6.45. The first kappa shape index (κ1) is 21.8. The van der Waals surface area contributed by atoms with Crippen molar-refractivity contribution in [2.45, 2.75) is 39.3 Å². The molecule has 3 aromatic rings. The van der Waals surface area contributed by atoms with E-state index in [1.54, 1.807) is 17.4 Å². The van der Waals surface area contributed by atoms with E-state index in [0.29, 0.717) is 6.54 Å². The second-order valence-electron chi connectivity index (χ2n) is 7.90. The quantitative estimate of drug-likeness (QED) is 0.438. The number of carbonyl (C=O) groups is 2. The molecule has 4 rings (SSSR count). The van der Waals surface area contributed by atoms with Crippen LogP contribution in [0.5, 0.6) is 0 Å². The number of benzene rings is 1. The van der Waals surface area contributed by atoms with E-state index in [4.69, 9.17) is 0 Å². The highest BCUT2D eigenvalue weighted by Crippen LogP contribution is 2.28. The number of hydrogen-bond donors (Lipinski definition) is 1. The van der Waals surface area contributed by atoms with Gasteiger partial charge in [-0.1, -0.05) is 31.2 Å². The molecule has 32 heavy (non-hydrogen) atoms. The summed E-state index contributed by atoms with van der Waals surface area (Å²) < 4.78 is 1.97. The fourth-order valence-corrected chi connectivity index (χ4v) is 4.83. The number of thiophene rings is 1. The summed E-state index contributed by atoms with van der Waals surface area (Å²) >= 11 is 1.56. The van der Waals surface area contributed by atoms with E-state index in [-0.39, 0.29) is 18.0 Å². The van der Waals surface area contributed by atoms with Crippen LogP contribution in [0, 0.1) is 11.3 Å². The van der Waals surface area contributed by atoms with Gasteiger partial charge in [0.1, 0.15) is 18.2 Å². The Morgan fingerprint density at radius 1 is 1.22 bits per heavy atom. The molecule has 2 aromatic heterocycles. The molecule has 1 saturated heterocycles. The minimum absolute atomic E-state index is 0.0494. The van der Waals surface area contributed by atoms with Gasteiger partial charge in [-0.05, 0) is 42.3 Å². The maximum absolute atomic E-state index is 12.8. The molecule has 1 aliphatic rings. The van der Waals surface area contributed by atoms with Gasteiger partial charge < -0.3 is 14.8 Å². The first-order valence-electron chi connectivity index (χ1n) is 10.9. The van der Waals surface area contributed by atoms with Gasteiger partial charge in [0.15, 0.2) is 0 Å². The smallest absolute Gasteiger partial charge is 0.262 e. The molecule has 0 saturated carbocycles. The molecule has 1 aromatic carbocycles. The minimum Gasteiger partial charge on any atom is -0.347 e. The van der Waals surface area contributed by atoms with Gasteiger partial charge >= 0.3 is 0 Å². The molecular weight excluding hydrogens is 420 g/mol. The van der Waals surface area contributed by atoms with Crippen molar-refractivity contribution in [3.05, 3.63) is 63.5 Å². The first-order valence-corrected chi connectivity index (χ1v) is 11.8. The lowest BCUT2D eigenvalue weighted by Crippen LogP contribution is -2.30. The normalized spacial score (nSPS) is 14.0. The third-order valence-corrected chi connectivity index (χ3v) is 6.70. The summed E-state index contributed by atoms with van der Waals surface area (Å²) in [4.78, 5) is 28.4. The van der Waals surface area contributed by atoms with Crippen LogP contribution in [-0.2, 0) is 29.1 Å². The van der Waals surface area contributed by atoms with Crippen molar-refractivity contribution in [2.24, 2.45) is 0 Å². The number of carbonyl (C=O) groups excluding carboxylic acids is 2. The number of likely N-dealkylation sites (tertiary alicyclic amines) is 1. The summed E-state index contributed by atoms with van der Waals surface area (Å²) in [5, 5.41) is 15.3. The zero-order valence-corrected chi connectivity index (χ0v) is 19.0. The van der Waals surface area contributed by atoms with Gasteiger partial charge in [0.05, 0.1) is 12.1 Å². The van der Waals surface area contributed by atoms with Crippen LogP contribution in [0.1, 0.15) is 35.8 Å². The SMILES string of the molecule is CCc1cccc2c(/C=C(\C#N)C(=O)NCc3cccs3)cn(CC(=O)N3CCCC3)c12.